The first-order valence-electron chi connectivity index (χ1n) is 18.9. The number of aromatic nitrogens is 1. The maximum Gasteiger partial charge on any atom is 0.289 e. The van der Waals surface area contributed by atoms with Crippen molar-refractivity contribution in [2.75, 3.05) is 18.9 Å². The summed E-state index contributed by atoms with van der Waals surface area (Å²) in [5, 5.41) is 24.0. The number of rotatable bonds is 9. The maximum absolute atomic E-state index is 12.0. The van der Waals surface area contributed by atoms with Crippen LogP contribution >= 0.6 is 0 Å². The number of unbranched alkanes of at least 4 members (excludes halogenated alkanes) is 2. The Morgan fingerprint density at radius 3 is 1.67 bits per heavy atom. The molecule has 0 aliphatic carbocycles. The Morgan fingerprint density at radius 1 is 0.827 bits per heavy atom. The average molecular weight is 724 g/mol. The minimum absolute atomic E-state index is 0.0443. The highest BCUT2D eigenvalue weighted by Crippen LogP contribution is 2.26. The van der Waals surface area contributed by atoms with Gasteiger partial charge in [0.25, 0.3) is 5.91 Å². The molecule has 294 valence electrons. The molecule has 0 aliphatic rings. The molecule has 0 spiro atoms. The lowest BCUT2D eigenvalue weighted by Crippen LogP contribution is -2.43. The Bertz CT molecular complexity index is 1300. The SMILES string of the molecule is CC.CC.CC=NC(=NC)C(=O)N[C@H](C=O)CNc1ccc(CC)cc1C.CCCC.CCCC.CCc1c(O)cccc1O.Cc1ccncc1. The quantitative estimate of drug-likeness (QED) is 0.0985. The van der Waals surface area contributed by atoms with Crippen molar-refractivity contribution in [3.8, 4) is 11.5 Å². The van der Waals surface area contributed by atoms with Crippen molar-refractivity contribution < 1.29 is 19.8 Å². The van der Waals surface area contributed by atoms with Gasteiger partial charge in [-0.1, -0.05) is 113 Å². The summed E-state index contributed by atoms with van der Waals surface area (Å²) in [4.78, 5) is 34.6. The molecule has 0 bridgehead atoms. The largest absolute Gasteiger partial charge is 0.508 e. The van der Waals surface area contributed by atoms with Gasteiger partial charge in [-0.15, -0.1) is 0 Å². The van der Waals surface area contributed by atoms with E-state index in [0.29, 0.717) is 24.8 Å². The zero-order chi connectivity index (χ0) is 40.7. The molecule has 0 unspecified atom stereocenters. The molecule has 52 heavy (non-hydrogen) atoms. The van der Waals surface area contributed by atoms with Crippen molar-refractivity contribution in [3.63, 3.8) is 0 Å². The number of aromatic hydroxyl groups is 2. The number of pyridine rings is 1. The van der Waals surface area contributed by atoms with Crippen LogP contribution in [-0.4, -0.2) is 59.1 Å². The van der Waals surface area contributed by atoms with Gasteiger partial charge in [0.05, 0.1) is 0 Å². The van der Waals surface area contributed by atoms with E-state index in [4.69, 9.17) is 10.2 Å². The molecule has 9 nitrogen and oxygen atoms in total. The van der Waals surface area contributed by atoms with Gasteiger partial charge in [-0.05, 0) is 80.6 Å². The molecule has 2 aromatic carbocycles. The van der Waals surface area contributed by atoms with Crippen LogP contribution in [0.1, 0.15) is 124 Å². The van der Waals surface area contributed by atoms with Crippen molar-refractivity contribution in [1.29, 1.82) is 0 Å². The molecule has 0 fully saturated rings. The molecule has 0 saturated heterocycles. The Labute approximate surface area is 317 Å². The number of anilines is 1. The van der Waals surface area contributed by atoms with Gasteiger partial charge in [-0.2, -0.15) is 0 Å². The highest BCUT2D eigenvalue weighted by Gasteiger charge is 2.15. The maximum atomic E-state index is 12.0. The third kappa shape index (κ3) is 28.2. The van der Waals surface area contributed by atoms with Gasteiger partial charge in [-0.25, -0.2) is 4.99 Å². The average Bonchev–Trinajstić information content (AvgIpc) is 3.18. The highest BCUT2D eigenvalue weighted by atomic mass is 16.3. The second-order valence-electron chi connectivity index (χ2n) is 10.7. The summed E-state index contributed by atoms with van der Waals surface area (Å²) in [6.45, 7) is 26.8. The van der Waals surface area contributed by atoms with E-state index in [-0.39, 0.29) is 17.3 Å². The number of phenols is 2. The lowest BCUT2D eigenvalue weighted by Gasteiger charge is -2.16. The standard InChI is InChI=1S/C17H24N4O2.C8H10O2.C6H7N.2C4H10.2C2H6/c1-5-13-7-8-15(12(3)9-13)20-10-14(11-22)21-17(23)16(18-4)19-6-2;1-2-6-7(9)4-3-5-8(6)10;1-6-2-4-7-5-3-6;2*1-3-4-2;2*1-2/h6-9,11,14,20H,5,10H2,1-4H3,(H,21,23);3-5,9-10H,2H2,1H3;2-5H,1H3;2*3-4H2,1-2H3;2*1-2H3/t14-;;;;;;/m0....../s1. The molecular weight excluding hydrogens is 651 g/mol. The number of nitrogens with one attached hydrogen (secondary N) is 2. The van der Waals surface area contributed by atoms with E-state index in [1.165, 1.54) is 50.1 Å². The monoisotopic (exact) mass is 724 g/mol. The van der Waals surface area contributed by atoms with E-state index >= 15 is 0 Å². The van der Waals surface area contributed by atoms with Crippen molar-refractivity contribution >= 4 is 29.9 Å². The second-order valence-corrected chi connectivity index (χ2v) is 10.7. The molecule has 1 aromatic heterocycles. The van der Waals surface area contributed by atoms with Crippen LogP contribution in [0.25, 0.3) is 0 Å². The molecule has 1 heterocycles. The summed E-state index contributed by atoms with van der Waals surface area (Å²) in [7, 11) is 1.48. The smallest absolute Gasteiger partial charge is 0.289 e. The third-order valence-corrected chi connectivity index (χ3v) is 6.69. The number of aliphatic imine (C=N–C) groups is 2. The van der Waals surface area contributed by atoms with E-state index in [1.807, 2.05) is 72.7 Å². The van der Waals surface area contributed by atoms with E-state index in [0.717, 1.165) is 17.7 Å². The van der Waals surface area contributed by atoms with Crippen LogP contribution in [0.3, 0.4) is 0 Å². The van der Waals surface area contributed by atoms with Gasteiger partial charge < -0.3 is 25.6 Å². The molecule has 0 radical (unpaired) electrons. The molecule has 0 saturated carbocycles. The van der Waals surface area contributed by atoms with Crippen LogP contribution in [0.4, 0.5) is 5.69 Å². The van der Waals surface area contributed by atoms with E-state index in [9.17, 15) is 9.59 Å². The molecule has 0 aliphatic heterocycles. The van der Waals surface area contributed by atoms with Crippen molar-refractivity contribution in [3.05, 3.63) is 83.2 Å². The summed E-state index contributed by atoms with van der Waals surface area (Å²) in [6, 6.07) is 14.2. The molecular formula is C43H73N5O4. The Morgan fingerprint density at radius 2 is 1.35 bits per heavy atom. The summed E-state index contributed by atoms with van der Waals surface area (Å²) in [5.41, 5.74) is 5.18. The second kappa shape index (κ2) is 39.3. The van der Waals surface area contributed by atoms with Crippen molar-refractivity contribution in [1.82, 2.24) is 10.3 Å². The number of phenolic OH excluding ortho intramolecular Hbond substituents is 2. The third-order valence-electron chi connectivity index (χ3n) is 6.69. The molecule has 3 rings (SSSR count). The summed E-state index contributed by atoms with van der Waals surface area (Å²) >= 11 is 0. The number of aldehydes is 1. The first-order valence-corrected chi connectivity index (χ1v) is 18.9. The van der Waals surface area contributed by atoms with Crippen LogP contribution in [0, 0.1) is 13.8 Å². The lowest BCUT2D eigenvalue weighted by atomic mass is 10.1. The summed E-state index contributed by atoms with van der Waals surface area (Å²) in [5.74, 6) is -0.0876. The van der Waals surface area contributed by atoms with Gasteiger partial charge in [0, 0.05) is 43.5 Å². The molecule has 9 heteroatoms. The number of amides is 1. The number of nitrogens with zero attached hydrogens (tertiary/aromatic N) is 3. The molecule has 1 atom stereocenters. The van der Waals surface area contributed by atoms with Crippen LogP contribution in [0.2, 0.25) is 0 Å². The van der Waals surface area contributed by atoms with Gasteiger partial charge in [-0.3, -0.25) is 14.8 Å². The lowest BCUT2D eigenvalue weighted by molar-refractivity contribution is -0.118. The highest BCUT2D eigenvalue weighted by molar-refractivity contribution is 6.39. The van der Waals surface area contributed by atoms with Gasteiger partial charge >= 0.3 is 0 Å². The van der Waals surface area contributed by atoms with Crippen LogP contribution in [0.15, 0.2) is 70.9 Å². The van der Waals surface area contributed by atoms with Gasteiger partial charge in [0.2, 0.25) is 5.84 Å². The number of hydrogen-bond acceptors (Lipinski definition) is 7. The number of carbonyl (C=O) groups excluding carboxylic acids is 2. The molecule has 4 N–H and O–H groups in total. The number of aryl methyl sites for hydroxylation is 3. The zero-order valence-corrected chi connectivity index (χ0v) is 35.0. The Kier molecular flexibility index (Phi) is 41.0. The minimum atomic E-state index is -0.656. The van der Waals surface area contributed by atoms with Crippen LogP contribution < -0.4 is 10.6 Å². The van der Waals surface area contributed by atoms with Crippen molar-refractivity contribution in [2.45, 2.75) is 135 Å². The van der Waals surface area contributed by atoms with E-state index < -0.39 is 11.9 Å². The first-order chi connectivity index (χ1) is 25.0. The van der Waals surface area contributed by atoms with Crippen LogP contribution in [-0.2, 0) is 22.4 Å². The summed E-state index contributed by atoms with van der Waals surface area (Å²) in [6.07, 6.45) is 12.7. The Hall–Kier alpha value is -4.53. The molecule has 1 amide bonds. The van der Waals surface area contributed by atoms with Gasteiger partial charge in [0.15, 0.2) is 0 Å². The predicted octanol–water partition coefficient (Wildman–Crippen LogP) is 10.5. The zero-order valence-electron chi connectivity index (χ0n) is 35.0. The number of benzene rings is 2. The van der Waals surface area contributed by atoms with E-state index in [2.05, 4.69) is 66.3 Å². The van der Waals surface area contributed by atoms with Gasteiger partial charge in [0.1, 0.15) is 23.8 Å². The summed E-state index contributed by atoms with van der Waals surface area (Å²) < 4.78 is 0. The van der Waals surface area contributed by atoms with E-state index in [1.54, 1.807) is 37.5 Å². The fraction of sp³-hybridized carbons (Fsp3) is 0.512. The normalized spacial score (nSPS) is 10.2. The fourth-order valence-corrected chi connectivity index (χ4v) is 3.42. The first kappa shape index (κ1) is 54.2. The number of amidine groups is 1. The fourth-order valence-electron chi connectivity index (χ4n) is 3.42. The Balaban J connectivity index is -0.000000324. The van der Waals surface area contributed by atoms with Crippen LogP contribution in [0.5, 0.6) is 11.5 Å². The number of hydrogen-bond donors (Lipinski definition) is 4. The molecule has 3 aromatic rings. The number of carbonyl (C=O) groups is 2. The minimum Gasteiger partial charge on any atom is -0.508 e. The van der Waals surface area contributed by atoms with Crippen molar-refractivity contribution in [2.24, 2.45) is 9.98 Å². The topological polar surface area (TPSA) is 136 Å². The predicted molar refractivity (Wildman–Crippen MR) is 227 cm³/mol.